The van der Waals surface area contributed by atoms with E-state index in [1.165, 1.54) is 0 Å². The molecule has 0 radical (unpaired) electrons. The lowest BCUT2D eigenvalue weighted by molar-refractivity contribution is 0.0790. The van der Waals surface area contributed by atoms with Crippen LogP contribution in [0.5, 0.6) is 0 Å². The summed E-state index contributed by atoms with van der Waals surface area (Å²) in [5.74, 6) is 1.05. The third-order valence-electron chi connectivity index (χ3n) is 4.22. The molecule has 1 amide bonds. The number of hydrogen-bond acceptors (Lipinski definition) is 5. The van der Waals surface area contributed by atoms with Crippen LogP contribution >= 0.6 is 0 Å². The Morgan fingerprint density at radius 2 is 2.13 bits per heavy atom. The SMILES string of the molecule is Cc1ccnc(C2CCN(C(=O)c3ccc4n[nH]nc4c3)C2)n1. The maximum Gasteiger partial charge on any atom is 0.253 e. The molecule has 7 nitrogen and oxygen atoms in total. The van der Waals surface area contributed by atoms with Crippen LogP contribution in [0.4, 0.5) is 0 Å². The van der Waals surface area contributed by atoms with Crippen LogP contribution < -0.4 is 0 Å². The van der Waals surface area contributed by atoms with Crippen LogP contribution in [-0.4, -0.2) is 49.3 Å². The van der Waals surface area contributed by atoms with Crippen molar-refractivity contribution in [2.75, 3.05) is 13.1 Å². The molecule has 1 aromatic carbocycles. The summed E-state index contributed by atoms with van der Waals surface area (Å²) in [4.78, 5) is 23.4. The normalized spacial score (nSPS) is 17.8. The van der Waals surface area contributed by atoms with Crippen LogP contribution in [0.1, 0.15) is 34.2 Å². The van der Waals surface area contributed by atoms with E-state index in [0.717, 1.165) is 30.0 Å². The lowest BCUT2D eigenvalue weighted by Gasteiger charge is -2.16. The van der Waals surface area contributed by atoms with E-state index in [9.17, 15) is 4.79 Å². The molecule has 23 heavy (non-hydrogen) atoms. The maximum absolute atomic E-state index is 12.7. The Kier molecular flexibility index (Phi) is 3.25. The van der Waals surface area contributed by atoms with Gasteiger partial charge in [0.1, 0.15) is 16.9 Å². The first-order valence-corrected chi connectivity index (χ1v) is 7.60. The van der Waals surface area contributed by atoms with E-state index < -0.39 is 0 Å². The van der Waals surface area contributed by atoms with Crippen molar-refractivity contribution in [3.63, 3.8) is 0 Å². The third kappa shape index (κ3) is 2.54. The van der Waals surface area contributed by atoms with Crippen molar-refractivity contribution in [2.24, 2.45) is 0 Å². The highest BCUT2D eigenvalue weighted by atomic mass is 16.2. The summed E-state index contributed by atoms with van der Waals surface area (Å²) in [6.45, 7) is 3.33. The molecule has 0 spiro atoms. The van der Waals surface area contributed by atoms with Gasteiger partial charge < -0.3 is 4.90 Å². The van der Waals surface area contributed by atoms with Crippen molar-refractivity contribution < 1.29 is 4.79 Å². The average Bonchev–Trinajstić information content (AvgIpc) is 3.22. The van der Waals surface area contributed by atoms with Gasteiger partial charge >= 0.3 is 0 Å². The first kappa shape index (κ1) is 13.8. The van der Waals surface area contributed by atoms with E-state index in [-0.39, 0.29) is 11.8 Å². The van der Waals surface area contributed by atoms with Gasteiger partial charge in [-0.1, -0.05) is 0 Å². The van der Waals surface area contributed by atoms with E-state index in [2.05, 4.69) is 25.4 Å². The van der Waals surface area contributed by atoms with E-state index in [4.69, 9.17) is 0 Å². The summed E-state index contributed by atoms with van der Waals surface area (Å²) in [6.07, 6.45) is 2.67. The van der Waals surface area contributed by atoms with Crippen LogP contribution in [0.2, 0.25) is 0 Å². The molecule has 1 atom stereocenters. The van der Waals surface area contributed by atoms with Gasteiger partial charge in [0, 0.05) is 36.5 Å². The summed E-state index contributed by atoms with van der Waals surface area (Å²) in [5.41, 5.74) is 3.05. The number of carbonyl (C=O) groups is 1. The number of likely N-dealkylation sites (tertiary alicyclic amines) is 1. The third-order valence-corrected chi connectivity index (χ3v) is 4.22. The Labute approximate surface area is 132 Å². The van der Waals surface area contributed by atoms with Gasteiger partial charge in [-0.3, -0.25) is 4.79 Å². The Morgan fingerprint density at radius 3 is 3.00 bits per heavy atom. The summed E-state index contributed by atoms with van der Waals surface area (Å²) >= 11 is 0. The molecular weight excluding hydrogens is 292 g/mol. The molecule has 0 bridgehead atoms. The van der Waals surface area contributed by atoms with Gasteiger partial charge in [0.05, 0.1) is 0 Å². The number of amides is 1. The van der Waals surface area contributed by atoms with Gasteiger partial charge in [0.2, 0.25) is 0 Å². The summed E-state index contributed by atoms with van der Waals surface area (Å²) in [7, 11) is 0. The predicted octanol–water partition coefficient (Wildman–Crippen LogP) is 1.69. The molecule has 0 saturated carbocycles. The second kappa shape index (κ2) is 5.42. The molecule has 3 heterocycles. The highest BCUT2D eigenvalue weighted by Crippen LogP contribution is 2.26. The van der Waals surface area contributed by atoms with Gasteiger partial charge in [-0.25, -0.2) is 9.97 Å². The minimum atomic E-state index is 0.0186. The van der Waals surface area contributed by atoms with Crippen molar-refractivity contribution >= 4 is 16.9 Å². The highest BCUT2D eigenvalue weighted by molar-refractivity contribution is 5.97. The van der Waals surface area contributed by atoms with Crippen molar-refractivity contribution in [1.82, 2.24) is 30.3 Å². The lowest BCUT2D eigenvalue weighted by Crippen LogP contribution is -2.28. The number of hydrogen-bond donors (Lipinski definition) is 1. The van der Waals surface area contributed by atoms with Crippen LogP contribution in [0.25, 0.3) is 11.0 Å². The predicted molar refractivity (Wildman–Crippen MR) is 83.9 cm³/mol. The van der Waals surface area contributed by atoms with Crippen molar-refractivity contribution in [3.8, 4) is 0 Å². The number of carbonyl (C=O) groups excluding carboxylic acids is 1. The molecule has 4 rings (SSSR count). The van der Waals surface area contributed by atoms with Gasteiger partial charge in [-0.15, -0.1) is 0 Å². The minimum absolute atomic E-state index is 0.0186. The Hall–Kier alpha value is -2.83. The Morgan fingerprint density at radius 1 is 1.26 bits per heavy atom. The number of aromatic amines is 1. The zero-order valence-electron chi connectivity index (χ0n) is 12.7. The van der Waals surface area contributed by atoms with Gasteiger partial charge in [0.25, 0.3) is 5.91 Å². The smallest absolute Gasteiger partial charge is 0.253 e. The fourth-order valence-electron chi connectivity index (χ4n) is 2.98. The number of aromatic nitrogens is 5. The molecule has 1 aliphatic rings. The maximum atomic E-state index is 12.7. The Balaban J connectivity index is 1.53. The fourth-order valence-corrected chi connectivity index (χ4v) is 2.98. The number of fused-ring (bicyclic) bond motifs is 1. The zero-order valence-corrected chi connectivity index (χ0v) is 12.7. The molecule has 1 unspecified atom stereocenters. The average molecular weight is 308 g/mol. The molecule has 7 heteroatoms. The highest BCUT2D eigenvalue weighted by Gasteiger charge is 2.29. The number of aryl methyl sites for hydroxylation is 1. The van der Waals surface area contributed by atoms with Gasteiger partial charge in [-0.2, -0.15) is 15.4 Å². The molecule has 1 saturated heterocycles. The minimum Gasteiger partial charge on any atom is -0.338 e. The molecule has 1 fully saturated rings. The second-order valence-corrected chi connectivity index (χ2v) is 5.82. The number of nitrogens with one attached hydrogen (secondary N) is 1. The van der Waals surface area contributed by atoms with Crippen LogP contribution in [0.15, 0.2) is 30.5 Å². The molecule has 2 aromatic heterocycles. The number of benzene rings is 1. The fraction of sp³-hybridized carbons (Fsp3) is 0.312. The molecule has 1 aliphatic heterocycles. The number of nitrogens with zero attached hydrogens (tertiary/aromatic N) is 5. The van der Waals surface area contributed by atoms with Crippen LogP contribution in [0, 0.1) is 6.92 Å². The molecule has 0 aliphatic carbocycles. The van der Waals surface area contributed by atoms with Crippen LogP contribution in [0.3, 0.4) is 0 Å². The summed E-state index contributed by atoms with van der Waals surface area (Å²) in [6, 6.07) is 7.26. The summed E-state index contributed by atoms with van der Waals surface area (Å²) < 4.78 is 0. The molecule has 3 aromatic rings. The van der Waals surface area contributed by atoms with Crippen molar-refractivity contribution in [3.05, 3.63) is 47.5 Å². The standard InChI is InChI=1S/C16H16N6O/c1-10-4-6-17-15(18-10)12-5-7-22(9-12)16(23)11-2-3-13-14(8-11)20-21-19-13/h2-4,6,8,12H,5,7,9H2,1H3,(H,19,20,21). The first-order chi connectivity index (χ1) is 11.2. The van der Waals surface area contributed by atoms with E-state index in [0.29, 0.717) is 17.6 Å². The Bertz CT molecular complexity index is 874. The van der Waals surface area contributed by atoms with E-state index >= 15 is 0 Å². The topological polar surface area (TPSA) is 87.7 Å². The molecule has 116 valence electrons. The quantitative estimate of drug-likeness (QED) is 0.778. The zero-order chi connectivity index (χ0) is 15.8. The summed E-state index contributed by atoms with van der Waals surface area (Å²) in [5, 5.41) is 10.6. The van der Waals surface area contributed by atoms with Crippen molar-refractivity contribution in [2.45, 2.75) is 19.3 Å². The molecular formula is C16H16N6O. The molecule has 1 N–H and O–H groups in total. The van der Waals surface area contributed by atoms with E-state index in [1.807, 2.05) is 24.0 Å². The van der Waals surface area contributed by atoms with Gasteiger partial charge in [-0.05, 0) is 37.6 Å². The number of H-pyrrole nitrogens is 1. The van der Waals surface area contributed by atoms with Gasteiger partial charge in [0.15, 0.2) is 0 Å². The van der Waals surface area contributed by atoms with E-state index in [1.54, 1.807) is 18.3 Å². The largest absolute Gasteiger partial charge is 0.338 e. The first-order valence-electron chi connectivity index (χ1n) is 7.60. The number of rotatable bonds is 2. The van der Waals surface area contributed by atoms with Crippen molar-refractivity contribution in [1.29, 1.82) is 0 Å². The second-order valence-electron chi connectivity index (χ2n) is 5.82. The lowest BCUT2D eigenvalue weighted by atomic mass is 10.1. The monoisotopic (exact) mass is 308 g/mol. The van der Waals surface area contributed by atoms with Crippen LogP contribution in [-0.2, 0) is 0 Å².